The lowest BCUT2D eigenvalue weighted by Gasteiger charge is -2.35. The third-order valence-corrected chi connectivity index (χ3v) is 8.22. The number of hydrogen-bond acceptors (Lipinski definition) is 8. The summed E-state index contributed by atoms with van der Waals surface area (Å²) in [5, 5.41) is 1.03. The molecule has 10 nitrogen and oxygen atoms in total. The largest absolute Gasteiger partial charge is 0.488 e. The van der Waals surface area contributed by atoms with Crippen LogP contribution in [0, 0.1) is 20.8 Å². The second-order valence-electron chi connectivity index (χ2n) is 12.6. The Morgan fingerprint density at radius 2 is 1.71 bits per heavy atom. The second kappa shape index (κ2) is 12.5. The number of hydrogen-bond donors (Lipinski definition) is 0. The van der Waals surface area contributed by atoms with Crippen molar-refractivity contribution in [2.75, 3.05) is 38.8 Å². The van der Waals surface area contributed by atoms with Gasteiger partial charge in [-0.25, -0.2) is 14.8 Å². The number of methoxy groups -OCH3 is 1. The van der Waals surface area contributed by atoms with Gasteiger partial charge in [0.25, 0.3) is 0 Å². The first-order chi connectivity index (χ1) is 21.3. The van der Waals surface area contributed by atoms with E-state index in [-0.39, 0.29) is 5.91 Å². The maximum Gasteiger partial charge on any atom is 0.339 e. The Hall–Kier alpha value is -4.44. The number of nitrogens with zero attached hydrogens (tertiary/aromatic N) is 5. The zero-order valence-corrected chi connectivity index (χ0v) is 27.7. The van der Waals surface area contributed by atoms with Gasteiger partial charge in [-0.05, 0) is 64.3 Å². The van der Waals surface area contributed by atoms with Gasteiger partial charge in [-0.2, -0.15) is 0 Å². The Labute approximate surface area is 264 Å². The molecule has 3 heterocycles. The summed E-state index contributed by atoms with van der Waals surface area (Å²) in [4.78, 5) is 38.1. The molecule has 2 aromatic carbocycles. The summed E-state index contributed by atoms with van der Waals surface area (Å²) in [6.45, 7) is 15.7. The number of likely N-dealkylation sites (N-methyl/N-ethyl adjacent to an activating group) is 1. The molecule has 0 fully saturated rings. The van der Waals surface area contributed by atoms with Gasteiger partial charge in [0.05, 0.1) is 42.9 Å². The van der Waals surface area contributed by atoms with E-state index < -0.39 is 17.7 Å². The second-order valence-corrected chi connectivity index (χ2v) is 12.6. The Morgan fingerprint density at radius 3 is 2.31 bits per heavy atom. The van der Waals surface area contributed by atoms with Crippen LogP contribution in [0.3, 0.4) is 0 Å². The first-order valence-corrected chi connectivity index (χ1v) is 15.2. The molecule has 0 bridgehead atoms. The number of esters is 1. The topological polar surface area (TPSA) is 99.0 Å². The summed E-state index contributed by atoms with van der Waals surface area (Å²) in [6, 6.07) is 10.6. The number of aryl methyl sites for hydroxylation is 2. The van der Waals surface area contributed by atoms with Gasteiger partial charge in [-0.3, -0.25) is 4.79 Å². The SMILES string of the molecule is COC(=O)[C@@H](OC(C)(C)C)c1c(C)c2c3c(cc(C)n3CCN2c2ncc(OCCN(C)C(C)=O)cn2)c1-c1ccc(C)cc1. The molecular formula is C35H43N5O5. The Morgan fingerprint density at radius 1 is 1.04 bits per heavy atom. The van der Waals surface area contributed by atoms with Crippen LogP contribution in [0.5, 0.6) is 5.75 Å². The Kier molecular flexibility index (Phi) is 8.89. The number of ether oxygens (including phenoxy) is 3. The number of anilines is 2. The Bertz CT molecular complexity index is 1720. The van der Waals surface area contributed by atoms with Crippen LogP contribution in [0.25, 0.3) is 22.0 Å². The molecule has 4 aromatic rings. The average molecular weight is 614 g/mol. The van der Waals surface area contributed by atoms with Crippen molar-refractivity contribution >= 4 is 34.4 Å². The summed E-state index contributed by atoms with van der Waals surface area (Å²) in [5.41, 5.74) is 7.26. The van der Waals surface area contributed by atoms with Gasteiger partial charge in [-0.1, -0.05) is 29.8 Å². The minimum absolute atomic E-state index is 0.0212. The number of carbonyl (C=O) groups excluding carboxylic acids is 2. The molecule has 1 aliphatic heterocycles. The van der Waals surface area contributed by atoms with Crippen LogP contribution in [0.15, 0.2) is 42.7 Å². The summed E-state index contributed by atoms with van der Waals surface area (Å²) < 4.78 is 20.0. The third kappa shape index (κ3) is 6.38. The minimum Gasteiger partial charge on any atom is -0.488 e. The van der Waals surface area contributed by atoms with E-state index in [9.17, 15) is 9.59 Å². The van der Waals surface area contributed by atoms with E-state index in [1.165, 1.54) is 14.0 Å². The van der Waals surface area contributed by atoms with Gasteiger partial charge in [-0.15, -0.1) is 0 Å². The van der Waals surface area contributed by atoms with E-state index in [2.05, 4.69) is 53.6 Å². The van der Waals surface area contributed by atoms with Gasteiger partial charge >= 0.3 is 5.97 Å². The number of aromatic nitrogens is 3. The predicted molar refractivity (Wildman–Crippen MR) is 175 cm³/mol. The zero-order valence-electron chi connectivity index (χ0n) is 27.7. The number of amides is 1. The highest BCUT2D eigenvalue weighted by Crippen LogP contribution is 2.49. The monoisotopic (exact) mass is 613 g/mol. The molecular weight excluding hydrogens is 570 g/mol. The van der Waals surface area contributed by atoms with Crippen molar-refractivity contribution in [1.29, 1.82) is 0 Å². The highest BCUT2D eigenvalue weighted by Gasteiger charge is 2.37. The highest BCUT2D eigenvalue weighted by atomic mass is 16.6. The molecule has 0 aliphatic carbocycles. The number of carbonyl (C=O) groups is 2. The molecule has 5 rings (SSSR count). The van der Waals surface area contributed by atoms with E-state index in [1.54, 1.807) is 24.3 Å². The van der Waals surface area contributed by atoms with Crippen molar-refractivity contribution in [2.45, 2.75) is 66.7 Å². The van der Waals surface area contributed by atoms with Gasteiger partial charge in [0.15, 0.2) is 11.9 Å². The first kappa shape index (κ1) is 32.0. The lowest BCUT2D eigenvalue weighted by Crippen LogP contribution is -2.32. The molecule has 238 valence electrons. The smallest absolute Gasteiger partial charge is 0.339 e. The molecule has 0 N–H and O–H groups in total. The van der Waals surface area contributed by atoms with Gasteiger partial charge in [0.1, 0.15) is 6.61 Å². The highest BCUT2D eigenvalue weighted by molar-refractivity contribution is 6.08. The normalized spacial score (nSPS) is 13.6. The van der Waals surface area contributed by atoms with Crippen molar-refractivity contribution in [1.82, 2.24) is 19.4 Å². The maximum atomic E-state index is 13.5. The fourth-order valence-electron chi connectivity index (χ4n) is 5.92. The zero-order chi connectivity index (χ0) is 32.6. The fourth-order valence-corrected chi connectivity index (χ4v) is 5.92. The molecule has 2 aromatic heterocycles. The molecule has 0 saturated heterocycles. The minimum atomic E-state index is -0.968. The van der Waals surface area contributed by atoms with Crippen LogP contribution in [-0.4, -0.2) is 70.8 Å². The van der Waals surface area contributed by atoms with Gasteiger partial charge in [0, 0.05) is 43.7 Å². The molecule has 0 radical (unpaired) electrons. The van der Waals surface area contributed by atoms with E-state index >= 15 is 0 Å². The van der Waals surface area contributed by atoms with Crippen molar-refractivity contribution in [2.24, 2.45) is 0 Å². The molecule has 0 unspecified atom stereocenters. The lowest BCUT2D eigenvalue weighted by atomic mass is 9.87. The molecule has 1 aliphatic rings. The van der Waals surface area contributed by atoms with E-state index in [1.807, 2.05) is 27.7 Å². The predicted octanol–water partition coefficient (Wildman–Crippen LogP) is 6.06. The van der Waals surface area contributed by atoms with E-state index in [4.69, 9.17) is 24.2 Å². The van der Waals surface area contributed by atoms with Crippen molar-refractivity contribution in [3.63, 3.8) is 0 Å². The van der Waals surface area contributed by atoms with Gasteiger partial charge < -0.3 is 28.6 Å². The number of rotatable bonds is 9. The Balaban J connectivity index is 1.69. The van der Waals surface area contributed by atoms with Crippen LogP contribution in [0.4, 0.5) is 11.6 Å². The summed E-state index contributed by atoms with van der Waals surface area (Å²) in [6.07, 6.45) is 2.34. The maximum absolute atomic E-state index is 13.5. The molecule has 0 spiro atoms. The molecule has 45 heavy (non-hydrogen) atoms. The average Bonchev–Trinajstić information content (AvgIpc) is 3.33. The molecule has 1 atom stereocenters. The molecule has 1 amide bonds. The van der Waals surface area contributed by atoms with Gasteiger partial charge in [0.2, 0.25) is 11.9 Å². The van der Waals surface area contributed by atoms with Crippen molar-refractivity contribution < 1.29 is 23.8 Å². The van der Waals surface area contributed by atoms with Crippen molar-refractivity contribution in [3.8, 4) is 16.9 Å². The first-order valence-electron chi connectivity index (χ1n) is 15.2. The lowest BCUT2D eigenvalue weighted by molar-refractivity contribution is -0.164. The summed E-state index contributed by atoms with van der Waals surface area (Å²) in [7, 11) is 3.13. The van der Waals surface area contributed by atoms with Crippen LogP contribution in [-0.2, 0) is 25.6 Å². The number of benzene rings is 2. The molecule has 0 saturated carbocycles. The summed E-state index contributed by atoms with van der Waals surface area (Å²) >= 11 is 0. The summed E-state index contributed by atoms with van der Waals surface area (Å²) in [5.74, 6) is 0.568. The third-order valence-electron chi connectivity index (χ3n) is 8.22. The van der Waals surface area contributed by atoms with Crippen LogP contribution in [0.1, 0.15) is 56.2 Å². The standard InChI is InChI=1S/C35H43N5O5/c1-21-10-12-25(13-11-21)29-27-18-22(2)39-14-15-40(34-36-19-26(20-37-34)44-17-16-38(8)24(4)41)30(31(27)39)23(3)28(29)32(33(42)43-9)45-35(5,6)7/h10-13,18-20,32H,14-17H2,1-9H3/t32-/m0/s1. The van der Waals surface area contributed by atoms with Crippen LogP contribution in [0.2, 0.25) is 0 Å². The van der Waals surface area contributed by atoms with E-state index in [0.717, 1.165) is 56.6 Å². The van der Waals surface area contributed by atoms with Crippen LogP contribution < -0.4 is 9.64 Å². The van der Waals surface area contributed by atoms with Crippen molar-refractivity contribution in [3.05, 3.63) is 65.1 Å². The van der Waals surface area contributed by atoms with Crippen LogP contribution >= 0.6 is 0 Å². The van der Waals surface area contributed by atoms with E-state index in [0.29, 0.717) is 31.4 Å². The molecule has 10 heteroatoms. The fraction of sp³-hybridized carbons (Fsp3) is 0.429. The quantitative estimate of drug-likeness (QED) is 0.210.